The summed E-state index contributed by atoms with van der Waals surface area (Å²) in [5, 5.41) is 2.79. The predicted molar refractivity (Wildman–Crippen MR) is 70.9 cm³/mol. The minimum absolute atomic E-state index is 0.205. The number of fused-ring (bicyclic) bond motifs is 1. The second kappa shape index (κ2) is 4.53. The molecule has 0 spiro atoms. The molecule has 1 amide bonds. The third-order valence-corrected chi connectivity index (χ3v) is 2.68. The molecule has 0 unspecified atom stereocenters. The summed E-state index contributed by atoms with van der Waals surface area (Å²) in [4.78, 5) is 20.1. The number of pyridine rings is 1. The van der Waals surface area contributed by atoms with Gasteiger partial charge in [-0.3, -0.25) is 9.78 Å². The third-order valence-electron chi connectivity index (χ3n) is 2.68. The van der Waals surface area contributed by atoms with Crippen LogP contribution in [0.1, 0.15) is 16.2 Å². The summed E-state index contributed by atoms with van der Waals surface area (Å²) >= 11 is 0. The highest BCUT2D eigenvalue weighted by Gasteiger charge is 2.08. The Kier molecular flexibility index (Phi) is 2.72. The Bertz CT molecular complexity index is 735. The standard InChI is InChI=1S/C14H11N3O2/c1-9-16-12-5-4-11(7-13(12)19-9)17-14(18)10-3-2-6-15-8-10/h2-8H,1H3,(H,17,18). The third kappa shape index (κ3) is 2.30. The van der Waals surface area contributed by atoms with Crippen molar-refractivity contribution in [1.82, 2.24) is 9.97 Å². The van der Waals surface area contributed by atoms with Gasteiger partial charge in [-0.1, -0.05) is 0 Å². The molecular weight excluding hydrogens is 242 g/mol. The zero-order valence-corrected chi connectivity index (χ0v) is 10.3. The van der Waals surface area contributed by atoms with E-state index in [9.17, 15) is 4.79 Å². The molecule has 5 heteroatoms. The van der Waals surface area contributed by atoms with Gasteiger partial charge in [0.25, 0.3) is 5.91 Å². The van der Waals surface area contributed by atoms with Crippen molar-refractivity contribution in [1.29, 1.82) is 0 Å². The van der Waals surface area contributed by atoms with E-state index in [0.29, 0.717) is 22.7 Å². The molecule has 0 aliphatic heterocycles. The monoisotopic (exact) mass is 253 g/mol. The van der Waals surface area contributed by atoms with E-state index in [4.69, 9.17) is 4.42 Å². The molecular formula is C14H11N3O2. The number of benzene rings is 1. The lowest BCUT2D eigenvalue weighted by atomic mass is 10.2. The summed E-state index contributed by atoms with van der Waals surface area (Å²) in [7, 11) is 0. The summed E-state index contributed by atoms with van der Waals surface area (Å²) in [6.45, 7) is 1.79. The zero-order chi connectivity index (χ0) is 13.2. The van der Waals surface area contributed by atoms with Gasteiger partial charge in [0.15, 0.2) is 11.5 Å². The largest absolute Gasteiger partial charge is 0.441 e. The molecule has 5 nitrogen and oxygen atoms in total. The van der Waals surface area contributed by atoms with E-state index in [2.05, 4.69) is 15.3 Å². The Morgan fingerprint density at radius 3 is 3.00 bits per heavy atom. The number of nitrogens with zero attached hydrogens (tertiary/aromatic N) is 2. The van der Waals surface area contributed by atoms with E-state index in [1.165, 1.54) is 6.20 Å². The zero-order valence-electron chi connectivity index (χ0n) is 10.3. The van der Waals surface area contributed by atoms with Crippen molar-refractivity contribution in [2.75, 3.05) is 5.32 Å². The first-order valence-electron chi connectivity index (χ1n) is 5.81. The van der Waals surface area contributed by atoms with Gasteiger partial charge in [0.1, 0.15) is 5.52 Å². The fourth-order valence-electron chi connectivity index (χ4n) is 1.82. The van der Waals surface area contributed by atoms with Crippen LogP contribution in [0.25, 0.3) is 11.1 Å². The van der Waals surface area contributed by atoms with Crippen molar-refractivity contribution < 1.29 is 9.21 Å². The Labute approximate surface area is 109 Å². The SMILES string of the molecule is Cc1nc2ccc(NC(=O)c3cccnc3)cc2o1. The molecule has 19 heavy (non-hydrogen) atoms. The van der Waals surface area contributed by atoms with Crippen molar-refractivity contribution in [3.63, 3.8) is 0 Å². The van der Waals surface area contributed by atoms with Crippen molar-refractivity contribution >= 4 is 22.7 Å². The van der Waals surface area contributed by atoms with Gasteiger partial charge in [-0.2, -0.15) is 0 Å². The summed E-state index contributed by atoms with van der Waals surface area (Å²) in [5.74, 6) is 0.398. The summed E-state index contributed by atoms with van der Waals surface area (Å²) in [5.41, 5.74) is 2.60. The molecule has 0 saturated heterocycles. The normalized spacial score (nSPS) is 10.6. The van der Waals surface area contributed by atoms with E-state index in [0.717, 1.165) is 5.52 Å². The van der Waals surface area contributed by atoms with Gasteiger partial charge in [0.2, 0.25) is 0 Å². The Balaban J connectivity index is 1.87. The molecule has 0 fully saturated rings. The highest BCUT2D eigenvalue weighted by atomic mass is 16.3. The minimum atomic E-state index is -0.205. The van der Waals surface area contributed by atoms with Crippen LogP contribution in [0.4, 0.5) is 5.69 Å². The van der Waals surface area contributed by atoms with Gasteiger partial charge < -0.3 is 9.73 Å². The number of oxazole rings is 1. The van der Waals surface area contributed by atoms with E-state index in [1.807, 2.05) is 6.07 Å². The minimum Gasteiger partial charge on any atom is -0.441 e. The number of aryl methyl sites for hydroxylation is 1. The quantitative estimate of drug-likeness (QED) is 0.762. The number of carbonyl (C=O) groups is 1. The van der Waals surface area contributed by atoms with Crippen LogP contribution < -0.4 is 5.32 Å². The first-order valence-corrected chi connectivity index (χ1v) is 5.81. The van der Waals surface area contributed by atoms with Crippen molar-refractivity contribution in [2.45, 2.75) is 6.92 Å². The maximum absolute atomic E-state index is 12.0. The van der Waals surface area contributed by atoms with Crippen LogP contribution in [0.5, 0.6) is 0 Å². The van der Waals surface area contributed by atoms with Crippen LogP contribution in [0.3, 0.4) is 0 Å². The number of hydrogen-bond acceptors (Lipinski definition) is 4. The lowest BCUT2D eigenvalue weighted by Gasteiger charge is -2.04. The average Bonchev–Trinajstić information content (AvgIpc) is 2.79. The Morgan fingerprint density at radius 1 is 1.32 bits per heavy atom. The maximum atomic E-state index is 12.0. The van der Waals surface area contributed by atoms with Crippen molar-refractivity contribution in [3.05, 3.63) is 54.2 Å². The molecule has 0 radical (unpaired) electrons. The second-order valence-electron chi connectivity index (χ2n) is 4.11. The van der Waals surface area contributed by atoms with Crippen molar-refractivity contribution in [2.24, 2.45) is 0 Å². The van der Waals surface area contributed by atoms with E-state index >= 15 is 0 Å². The molecule has 2 aromatic heterocycles. The number of carbonyl (C=O) groups excluding carboxylic acids is 1. The lowest BCUT2D eigenvalue weighted by Crippen LogP contribution is -2.11. The number of amides is 1. The fourth-order valence-corrected chi connectivity index (χ4v) is 1.82. The van der Waals surface area contributed by atoms with Gasteiger partial charge in [0.05, 0.1) is 5.56 Å². The first-order chi connectivity index (χ1) is 9.22. The van der Waals surface area contributed by atoms with E-state index in [-0.39, 0.29) is 5.91 Å². The number of hydrogen-bond donors (Lipinski definition) is 1. The molecule has 0 aliphatic carbocycles. The van der Waals surface area contributed by atoms with Gasteiger partial charge >= 0.3 is 0 Å². The molecule has 0 atom stereocenters. The summed E-state index contributed by atoms with van der Waals surface area (Å²) in [6, 6.07) is 8.78. The second-order valence-corrected chi connectivity index (χ2v) is 4.11. The lowest BCUT2D eigenvalue weighted by molar-refractivity contribution is 0.102. The molecule has 1 aromatic carbocycles. The van der Waals surface area contributed by atoms with E-state index < -0.39 is 0 Å². The molecule has 0 aliphatic rings. The average molecular weight is 253 g/mol. The maximum Gasteiger partial charge on any atom is 0.257 e. The smallest absolute Gasteiger partial charge is 0.257 e. The topological polar surface area (TPSA) is 68.0 Å². The molecule has 3 rings (SSSR count). The number of nitrogens with one attached hydrogen (secondary N) is 1. The predicted octanol–water partition coefficient (Wildman–Crippen LogP) is 2.78. The van der Waals surface area contributed by atoms with Crippen LogP contribution >= 0.6 is 0 Å². The van der Waals surface area contributed by atoms with Crippen LogP contribution in [0.2, 0.25) is 0 Å². The molecule has 0 saturated carbocycles. The molecule has 2 heterocycles. The first kappa shape index (κ1) is 11.4. The Hall–Kier alpha value is -2.69. The molecule has 0 bridgehead atoms. The Morgan fingerprint density at radius 2 is 2.21 bits per heavy atom. The van der Waals surface area contributed by atoms with Gasteiger partial charge in [-0.25, -0.2) is 4.98 Å². The molecule has 94 valence electrons. The number of aromatic nitrogens is 2. The van der Waals surface area contributed by atoms with E-state index in [1.54, 1.807) is 37.4 Å². The summed E-state index contributed by atoms with van der Waals surface area (Å²) < 4.78 is 5.42. The fraction of sp³-hybridized carbons (Fsp3) is 0.0714. The number of anilines is 1. The molecule has 3 aromatic rings. The van der Waals surface area contributed by atoms with Gasteiger partial charge in [0, 0.05) is 31.1 Å². The number of rotatable bonds is 2. The van der Waals surface area contributed by atoms with Crippen LogP contribution in [-0.4, -0.2) is 15.9 Å². The van der Waals surface area contributed by atoms with Gasteiger partial charge in [-0.15, -0.1) is 0 Å². The van der Waals surface area contributed by atoms with Crippen LogP contribution in [0, 0.1) is 6.92 Å². The van der Waals surface area contributed by atoms with Gasteiger partial charge in [-0.05, 0) is 24.3 Å². The van der Waals surface area contributed by atoms with Crippen LogP contribution in [0.15, 0.2) is 47.1 Å². The van der Waals surface area contributed by atoms with Crippen molar-refractivity contribution in [3.8, 4) is 0 Å². The van der Waals surface area contributed by atoms with Crippen LogP contribution in [-0.2, 0) is 0 Å². The summed E-state index contributed by atoms with van der Waals surface area (Å²) in [6.07, 6.45) is 3.15. The molecule has 1 N–H and O–H groups in total. The highest BCUT2D eigenvalue weighted by Crippen LogP contribution is 2.20. The highest BCUT2D eigenvalue weighted by molar-refractivity contribution is 6.04.